The van der Waals surface area contributed by atoms with Crippen LogP contribution < -0.4 is 4.31 Å². The highest BCUT2D eigenvalue weighted by atomic mass is 32.2. The Morgan fingerprint density at radius 3 is 2.62 bits per heavy atom. The van der Waals surface area contributed by atoms with Gasteiger partial charge in [-0.2, -0.15) is 8.42 Å². The largest absolute Gasteiger partial charge is 0.334 e. The number of rotatable bonds is 4. The smallest absolute Gasteiger partial charge is 0.281 e. The summed E-state index contributed by atoms with van der Waals surface area (Å²) in [5.41, 5.74) is 0.671. The summed E-state index contributed by atoms with van der Waals surface area (Å²) in [6.07, 6.45) is 2.69. The molecule has 0 bridgehead atoms. The van der Waals surface area contributed by atoms with Gasteiger partial charge >= 0.3 is 0 Å². The van der Waals surface area contributed by atoms with Crippen molar-refractivity contribution in [1.82, 2.24) is 9.97 Å². The van der Waals surface area contributed by atoms with Gasteiger partial charge in [0.2, 0.25) is 0 Å². The molecule has 0 saturated carbocycles. The first-order valence-corrected chi connectivity index (χ1v) is 8.07. The van der Waals surface area contributed by atoms with Gasteiger partial charge in [0.05, 0.1) is 18.2 Å². The van der Waals surface area contributed by atoms with Gasteiger partial charge in [0.15, 0.2) is 5.03 Å². The molecular weight excluding hydrogens is 286 g/mol. The number of sulfonamides is 1. The lowest BCUT2D eigenvalue weighted by molar-refractivity contribution is 0.589. The number of aromatic nitrogens is 2. The average molecular weight is 301 g/mol. The Labute approximate surface area is 123 Å². The van der Waals surface area contributed by atoms with E-state index in [1.807, 2.05) is 49.4 Å². The number of imidazole rings is 1. The fourth-order valence-corrected chi connectivity index (χ4v) is 3.79. The number of nitrogens with one attached hydrogen (secondary N) is 1. The van der Waals surface area contributed by atoms with Crippen LogP contribution in [0.1, 0.15) is 6.92 Å². The van der Waals surface area contributed by atoms with Crippen LogP contribution in [0.25, 0.3) is 10.8 Å². The molecule has 0 spiro atoms. The lowest BCUT2D eigenvalue weighted by atomic mass is 10.1. The van der Waals surface area contributed by atoms with Crippen molar-refractivity contribution in [2.45, 2.75) is 11.9 Å². The van der Waals surface area contributed by atoms with Crippen LogP contribution in [0.4, 0.5) is 5.69 Å². The predicted octanol–water partition coefficient (Wildman–Crippen LogP) is 2.78. The van der Waals surface area contributed by atoms with Crippen molar-refractivity contribution in [3.8, 4) is 0 Å². The number of anilines is 1. The number of nitrogens with zero attached hydrogens (tertiary/aromatic N) is 2. The molecule has 3 rings (SSSR count). The predicted molar refractivity (Wildman–Crippen MR) is 82.7 cm³/mol. The third-order valence-electron chi connectivity index (χ3n) is 3.36. The first-order chi connectivity index (χ1) is 10.1. The molecule has 2 aromatic carbocycles. The first kappa shape index (κ1) is 13.6. The average Bonchev–Trinajstić information content (AvgIpc) is 3.03. The number of H-pyrrole nitrogens is 1. The molecule has 5 nitrogen and oxygen atoms in total. The van der Waals surface area contributed by atoms with Crippen molar-refractivity contribution < 1.29 is 8.42 Å². The number of aromatic amines is 1. The van der Waals surface area contributed by atoms with Gasteiger partial charge in [-0.05, 0) is 18.4 Å². The minimum atomic E-state index is -3.64. The summed E-state index contributed by atoms with van der Waals surface area (Å²) in [5, 5.41) is 2.01. The van der Waals surface area contributed by atoms with E-state index in [0.717, 1.165) is 10.8 Å². The molecular formula is C15H15N3O2S. The second kappa shape index (κ2) is 5.21. The van der Waals surface area contributed by atoms with Gasteiger partial charge < -0.3 is 4.98 Å². The second-order valence-corrected chi connectivity index (χ2v) is 6.41. The van der Waals surface area contributed by atoms with Crippen LogP contribution in [0.5, 0.6) is 0 Å². The van der Waals surface area contributed by atoms with Crippen LogP contribution in [0.3, 0.4) is 0 Å². The van der Waals surface area contributed by atoms with Crippen LogP contribution in [0.2, 0.25) is 0 Å². The van der Waals surface area contributed by atoms with E-state index in [1.165, 1.54) is 16.8 Å². The van der Waals surface area contributed by atoms with Crippen molar-refractivity contribution in [2.75, 3.05) is 10.8 Å². The highest BCUT2D eigenvalue weighted by Crippen LogP contribution is 2.30. The molecule has 0 unspecified atom stereocenters. The Morgan fingerprint density at radius 1 is 1.14 bits per heavy atom. The van der Waals surface area contributed by atoms with E-state index < -0.39 is 10.0 Å². The van der Waals surface area contributed by atoms with Crippen molar-refractivity contribution in [3.05, 3.63) is 55.0 Å². The molecule has 6 heteroatoms. The highest BCUT2D eigenvalue weighted by Gasteiger charge is 2.25. The fourth-order valence-electron chi connectivity index (χ4n) is 2.40. The molecule has 0 amide bonds. The molecule has 0 aliphatic rings. The summed E-state index contributed by atoms with van der Waals surface area (Å²) < 4.78 is 26.8. The normalized spacial score (nSPS) is 11.7. The molecule has 21 heavy (non-hydrogen) atoms. The second-order valence-electron chi connectivity index (χ2n) is 4.58. The van der Waals surface area contributed by atoms with Crippen LogP contribution in [-0.2, 0) is 10.0 Å². The lowest BCUT2D eigenvalue weighted by Gasteiger charge is -2.23. The zero-order valence-corrected chi connectivity index (χ0v) is 12.3. The quantitative estimate of drug-likeness (QED) is 0.806. The van der Waals surface area contributed by atoms with Gasteiger partial charge in [0.1, 0.15) is 0 Å². The summed E-state index contributed by atoms with van der Waals surface area (Å²) >= 11 is 0. The van der Waals surface area contributed by atoms with E-state index in [2.05, 4.69) is 9.97 Å². The molecule has 1 aromatic heterocycles. The van der Waals surface area contributed by atoms with E-state index >= 15 is 0 Å². The Balaban J connectivity index is 2.20. The van der Waals surface area contributed by atoms with Crippen molar-refractivity contribution in [2.24, 2.45) is 0 Å². The van der Waals surface area contributed by atoms with Crippen LogP contribution in [-0.4, -0.2) is 24.9 Å². The Morgan fingerprint density at radius 2 is 1.90 bits per heavy atom. The van der Waals surface area contributed by atoms with Crippen molar-refractivity contribution in [1.29, 1.82) is 0 Å². The fraction of sp³-hybridized carbons (Fsp3) is 0.133. The first-order valence-electron chi connectivity index (χ1n) is 6.63. The zero-order chi connectivity index (χ0) is 14.9. The van der Waals surface area contributed by atoms with Gasteiger partial charge in [-0.1, -0.05) is 36.4 Å². The monoisotopic (exact) mass is 301 g/mol. The minimum absolute atomic E-state index is 0.0947. The molecule has 0 atom stereocenters. The Bertz CT molecular complexity index is 852. The molecule has 0 fully saturated rings. The van der Waals surface area contributed by atoms with Gasteiger partial charge in [-0.25, -0.2) is 4.98 Å². The Kier molecular flexibility index (Phi) is 3.39. The highest BCUT2D eigenvalue weighted by molar-refractivity contribution is 7.92. The summed E-state index contributed by atoms with van der Waals surface area (Å²) in [6, 6.07) is 13.4. The van der Waals surface area contributed by atoms with Gasteiger partial charge in [0.25, 0.3) is 10.0 Å². The summed E-state index contributed by atoms with van der Waals surface area (Å²) in [6.45, 7) is 2.16. The third-order valence-corrected chi connectivity index (χ3v) is 5.18. The maximum Gasteiger partial charge on any atom is 0.281 e. The summed E-state index contributed by atoms with van der Waals surface area (Å²) in [5.74, 6) is 0. The molecule has 0 saturated heterocycles. The summed E-state index contributed by atoms with van der Waals surface area (Å²) in [7, 11) is -3.64. The number of fused-ring (bicyclic) bond motifs is 1. The van der Waals surface area contributed by atoms with E-state index in [1.54, 1.807) is 0 Å². The lowest BCUT2D eigenvalue weighted by Crippen LogP contribution is -2.31. The Hall–Kier alpha value is -2.34. The van der Waals surface area contributed by atoms with E-state index in [9.17, 15) is 8.42 Å². The molecule has 1 heterocycles. The molecule has 3 aromatic rings. The third kappa shape index (κ3) is 2.27. The van der Waals surface area contributed by atoms with Crippen LogP contribution in [0, 0.1) is 0 Å². The summed E-state index contributed by atoms with van der Waals surface area (Å²) in [4.78, 5) is 6.47. The molecule has 0 aliphatic carbocycles. The number of hydrogen-bond donors (Lipinski definition) is 1. The standard InChI is InChI=1S/C15H15N3O2S/c1-2-18(21(19,20)15-10-16-11-17-15)14-9-5-7-12-6-3-4-8-13(12)14/h3-11H,2H2,1H3,(H,16,17). The topological polar surface area (TPSA) is 66.1 Å². The van der Waals surface area contributed by atoms with Crippen LogP contribution in [0.15, 0.2) is 60.0 Å². The van der Waals surface area contributed by atoms with Gasteiger partial charge in [0, 0.05) is 11.9 Å². The SMILES string of the molecule is CCN(c1cccc2ccccc12)S(=O)(=O)c1cnc[nH]1. The van der Waals surface area contributed by atoms with E-state index in [0.29, 0.717) is 12.2 Å². The molecule has 1 N–H and O–H groups in total. The van der Waals surface area contributed by atoms with E-state index in [4.69, 9.17) is 0 Å². The molecule has 0 radical (unpaired) electrons. The maximum absolute atomic E-state index is 12.7. The van der Waals surface area contributed by atoms with Gasteiger partial charge in [-0.15, -0.1) is 0 Å². The van der Waals surface area contributed by atoms with Crippen LogP contribution >= 0.6 is 0 Å². The molecule has 0 aliphatic heterocycles. The number of hydrogen-bond acceptors (Lipinski definition) is 3. The van der Waals surface area contributed by atoms with E-state index in [-0.39, 0.29) is 5.03 Å². The number of benzene rings is 2. The van der Waals surface area contributed by atoms with Crippen molar-refractivity contribution in [3.63, 3.8) is 0 Å². The maximum atomic E-state index is 12.7. The van der Waals surface area contributed by atoms with Crippen molar-refractivity contribution >= 4 is 26.5 Å². The zero-order valence-electron chi connectivity index (χ0n) is 11.5. The minimum Gasteiger partial charge on any atom is -0.334 e. The molecule has 108 valence electrons. The van der Waals surface area contributed by atoms with Gasteiger partial charge in [-0.3, -0.25) is 4.31 Å².